The van der Waals surface area contributed by atoms with Gasteiger partial charge in [-0.2, -0.15) is 0 Å². The fourth-order valence-corrected chi connectivity index (χ4v) is 6.26. The number of unbranched alkanes of at least 4 members (excludes halogenated alkanes) is 3. The molecule has 2 aromatic heterocycles. The molecule has 2 aliphatic rings. The summed E-state index contributed by atoms with van der Waals surface area (Å²) < 4.78 is 2.16. The van der Waals surface area contributed by atoms with Gasteiger partial charge in [0.1, 0.15) is 15.8 Å². The Morgan fingerprint density at radius 3 is 2.59 bits per heavy atom. The number of amides is 1. The van der Waals surface area contributed by atoms with Crippen LogP contribution in [0.5, 0.6) is 0 Å². The van der Waals surface area contributed by atoms with E-state index in [1.807, 2.05) is 25.3 Å². The van der Waals surface area contributed by atoms with Gasteiger partial charge in [-0.25, -0.2) is 4.98 Å². The zero-order valence-electron chi connectivity index (χ0n) is 20.5. The molecule has 0 bridgehead atoms. The molecular weight excluding hydrogens is 464 g/mol. The van der Waals surface area contributed by atoms with Crippen molar-refractivity contribution in [1.82, 2.24) is 14.3 Å². The van der Waals surface area contributed by atoms with E-state index in [0.717, 1.165) is 50.8 Å². The summed E-state index contributed by atoms with van der Waals surface area (Å²) in [5, 5.41) is 0. The predicted molar refractivity (Wildman–Crippen MR) is 145 cm³/mol. The number of anilines is 1. The van der Waals surface area contributed by atoms with E-state index in [4.69, 9.17) is 17.2 Å². The Bertz CT molecular complexity index is 1180. The molecule has 182 valence electrons. The van der Waals surface area contributed by atoms with Crippen molar-refractivity contribution in [2.24, 2.45) is 11.8 Å². The standard InChI is InChI=1S/C26H34N4O2S2/c1-5-6-7-8-11-29-25(32)21(34-26(29)33)13-20-23(28-14-18(3)12-19(4)15-28)27-22-10-9-17(2)16-30(22)24(20)31/h9-10,13,16,18-19H,5-8,11-12,14-15H2,1-4H3/b21-13-/t18-,19-/m1/s1. The summed E-state index contributed by atoms with van der Waals surface area (Å²) in [4.78, 5) is 36.2. The van der Waals surface area contributed by atoms with E-state index in [2.05, 4.69) is 25.7 Å². The average Bonchev–Trinajstić information content (AvgIpc) is 3.05. The van der Waals surface area contributed by atoms with E-state index in [-0.39, 0.29) is 11.5 Å². The van der Waals surface area contributed by atoms with Crippen molar-refractivity contribution in [1.29, 1.82) is 0 Å². The van der Waals surface area contributed by atoms with E-state index in [1.54, 1.807) is 15.4 Å². The fourth-order valence-electron chi connectivity index (χ4n) is 4.97. The Morgan fingerprint density at radius 2 is 1.88 bits per heavy atom. The van der Waals surface area contributed by atoms with Gasteiger partial charge in [0.25, 0.3) is 11.5 Å². The number of aromatic nitrogens is 2. The van der Waals surface area contributed by atoms with Crippen molar-refractivity contribution in [3.8, 4) is 0 Å². The Balaban J connectivity index is 1.75. The van der Waals surface area contributed by atoms with Crippen LogP contribution in [-0.2, 0) is 4.79 Å². The largest absolute Gasteiger partial charge is 0.355 e. The van der Waals surface area contributed by atoms with Gasteiger partial charge in [0.05, 0.1) is 10.5 Å². The van der Waals surface area contributed by atoms with Crippen LogP contribution in [0.25, 0.3) is 11.7 Å². The van der Waals surface area contributed by atoms with E-state index < -0.39 is 0 Å². The second kappa shape index (κ2) is 10.6. The van der Waals surface area contributed by atoms with Crippen molar-refractivity contribution in [2.45, 2.75) is 59.8 Å². The quantitative estimate of drug-likeness (QED) is 0.295. The summed E-state index contributed by atoms with van der Waals surface area (Å²) in [6, 6.07) is 3.85. The van der Waals surface area contributed by atoms with E-state index in [0.29, 0.717) is 44.6 Å². The lowest BCUT2D eigenvalue weighted by molar-refractivity contribution is -0.122. The first-order valence-corrected chi connectivity index (χ1v) is 13.5. The Hall–Kier alpha value is -2.19. The number of piperidine rings is 1. The van der Waals surface area contributed by atoms with Crippen LogP contribution in [0.15, 0.2) is 28.0 Å². The maximum Gasteiger partial charge on any atom is 0.267 e. The molecule has 0 aliphatic carbocycles. The molecule has 2 aromatic rings. The van der Waals surface area contributed by atoms with E-state index >= 15 is 0 Å². The lowest BCUT2D eigenvalue weighted by atomic mass is 9.91. The van der Waals surface area contributed by atoms with Gasteiger partial charge in [0.15, 0.2) is 0 Å². The first-order chi connectivity index (χ1) is 16.3. The molecule has 0 saturated carbocycles. The second-order valence-corrected chi connectivity index (χ2v) is 11.5. The predicted octanol–water partition coefficient (Wildman–Crippen LogP) is 5.27. The minimum Gasteiger partial charge on any atom is -0.355 e. The van der Waals surface area contributed by atoms with Crippen LogP contribution < -0.4 is 10.5 Å². The molecule has 0 spiro atoms. The molecule has 4 heterocycles. The van der Waals surface area contributed by atoms with Crippen LogP contribution in [0.2, 0.25) is 0 Å². The van der Waals surface area contributed by atoms with E-state index in [1.165, 1.54) is 11.8 Å². The normalized spacial score (nSPS) is 22.4. The zero-order valence-corrected chi connectivity index (χ0v) is 22.2. The second-order valence-electron chi connectivity index (χ2n) is 9.83. The first kappa shape index (κ1) is 24.9. The lowest BCUT2D eigenvalue weighted by Gasteiger charge is -2.36. The maximum absolute atomic E-state index is 13.7. The Kier molecular flexibility index (Phi) is 7.77. The number of thiocarbonyl (C=S) groups is 1. The minimum absolute atomic E-state index is 0.105. The Morgan fingerprint density at radius 1 is 1.15 bits per heavy atom. The van der Waals surface area contributed by atoms with Gasteiger partial charge < -0.3 is 4.90 Å². The third-order valence-electron chi connectivity index (χ3n) is 6.54. The van der Waals surface area contributed by atoms with Crippen LogP contribution in [0.1, 0.15) is 64.0 Å². The molecule has 0 N–H and O–H groups in total. The maximum atomic E-state index is 13.7. The number of rotatable bonds is 7. The zero-order chi connectivity index (χ0) is 24.4. The number of carbonyl (C=O) groups is 1. The molecule has 2 fully saturated rings. The molecule has 6 nitrogen and oxygen atoms in total. The number of hydrogen-bond donors (Lipinski definition) is 0. The molecule has 2 saturated heterocycles. The third kappa shape index (κ3) is 5.23. The number of thioether (sulfide) groups is 1. The summed E-state index contributed by atoms with van der Waals surface area (Å²) in [6.45, 7) is 10.9. The van der Waals surface area contributed by atoms with Crippen molar-refractivity contribution >= 4 is 51.7 Å². The van der Waals surface area contributed by atoms with Gasteiger partial charge in [-0.15, -0.1) is 0 Å². The van der Waals surface area contributed by atoms with Crippen molar-refractivity contribution in [3.05, 3.63) is 44.7 Å². The molecule has 1 amide bonds. The van der Waals surface area contributed by atoms with Crippen LogP contribution in [0.4, 0.5) is 5.82 Å². The van der Waals surface area contributed by atoms with Gasteiger partial charge in [0, 0.05) is 25.8 Å². The molecule has 0 radical (unpaired) electrons. The topological polar surface area (TPSA) is 57.9 Å². The number of pyridine rings is 1. The van der Waals surface area contributed by atoms with Gasteiger partial charge in [-0.1, -0.05) is 70.1 Å². The highest BCUT2D eigenvalue weighted by Gasteiger charge is 2.33. The van der Waals surface area contributed by atoms with Crippen LogP contribution in [-0.4, -0.2) is 44.1 Å². The summed E-state index contributed by atoms with van der Waals surface area (Å²) >= 11 is 6.81. The lowest BCUT2D eigenvalue weighted by Crippen LogP contribution is -2.40. The summed E-state index contributed by atoms with van der Waals surface area (Å²) in [5.41, 5.74) is 1.92. The summed E-state index contributed by atoms with van der Waals surface area (Å²) in [7, 11) is 0. The van der Waals surface area contributed by atoms with Crippen LogP contribution in [0, 0.1) is 18.8 Å². The minimum atomic E-state index is -0.150. The number of carbonyl (C=O) groups excluding carboxylic acids is 1. The van der Waals surface area contributed by atoms with Gasteiger partial charge in [0.2, 0.25) is 0 Å². The molecule has 8 heteroatoms. The average molecular weight is 499 g/mol. The number of aryl methyl sites for hydroxylation is 1. The molecular formula is C26H34N4O2S2. The molecule has 34 heavy (non-hydrogen) atoms. The molecule has 2 aliphatic heterocycles. The van der Waals surface area contributed by atoms with Crippen molar-refractivity contribution < 1.29 is 4.79 Å². The number of fused-ring (bicyclic) bond motifs is 1. The third-order valence-corrected chi connectivity index (χ3v) is 7.92. The number of nitrogens with zero attached hydrogens (tertiary/aromatic N) is 4. The van der Waals surface area contributed by atoms with Gasteiger partial charge >= 0.3 is 0 Å². The summed E-state index contributed by atoms with van der Waals surface area (Å²) in [6.07, 6.45) is 9.02. The Labute approximate surface area is 211 Å². The highest BCUT2D eigenvalue weighted by Crippen LogP contribution is 2.34. The first-order valence-electron chi connectivity index (χ1n) is 12.3. The highest BCUT2D eigenvalue weighted by atomic mass is 32.2. The smallest absolute Gasteiger partial charge is 0.267 e. The highest BCUT2D eigenvalue weighted by molar-refractivity contribution is 8.26. The fraction of sp³-hybridized carbons (Fsp3) is 0.538. The SMILES string of the molecule is CCCCCCN1C(=O)/C(=C/c2c(N3C[C@H](C)C[C@@H](C)C3)nc3ccc(C)cn3c2=O)SC1=S. The monoisotopic (exact) mass is 498 g/mol. The van der Waals surface area contributed by atoms with Crippen LogP contribution in [0.3, 0.4) is 0 Å². The van der Waals surface area contributed by atoms with Crippen molar-refractivity contribution in [2.75, 3.05) is 24.5 Å². The number of hydrogen-bond acceptors (Lipinski definition) is 6. The molecule has 0 aromatic carbocycles. The van der Waals surface area contributed by atoms with Gasteiger partial charge in [-0.3, -0.25) is 18.9 Å². The molecule has 4 rings (SSSR count). The van der Waals surface area contributed by atoms with Crippen molar-refractivity contribution in [3.63, 3.8) is 0 Å². The van der Waals surface area contributed by atoms with Crippen LogP contribution >= 0.6 is 24.0 Å². The van der Waals surface area contributed by atoms with E-state index in [9.17, 15) is 9.59 Å². The van der Waals surface area contributed by atoms with Gasteiger partial charge in [-0.05, 0) is 49.3 Å². The molecule has 0 unspecified atom stereocenters. The molecule has 2 atom stereocenters. The summed E-state index contributed by atoms with van der Waals surface area (Å²) in [5.74, 6) is 1.58.